The molecule has 2 fully saturated rings. The van der Waals surface area contributed by atoms with Gasteiger partial charge in [-0.3, -0.25) is 0 Å². The van der Waals surface area contributed by atoms with E-state index in [4.69, 9.17) is 0 Å². The smallest absolute Gasteiger partial charge is 0.0540 e. The van der Waals surface area contributed by atoms with E-state index in [1.54, 1.807) is 0 Å². The van der Waals surface area contributed by atoms with Gasteiger partial charge in [0, 0.05) is 16.9 Å². The van der Waals surface area contributed by atoms with E-state index < -0.39 is 0 Å². The Labute approximate surface area is 296 Å². The van der Waals surface area contributed by atoms with E-state index >= 15 is 0 Å². The summed E-state index contributed by atoms with van der Waals surface area (Å²) in [6.07, 6.45) is 5.62. The van der Waals surface area contributed by atoms with Crippen LogP contribution in [-0.2, 0) is 0 Å². The fraction of sp³-hybridized carbons (Fsp3) is 0.143. The van der Waals surface area contributed by atoms with Crippen LogP contribution in [0.2, 0.25) is 0 Å². The predicted octanol–water partition coefficient (Wildman–Crippen LogP) is 13.7. The number of hydrogen-bond donors (Lipinski definition) is 0. The van der Waals surface area contributed by atoms with Gasteiger partial charge in [-0.05, 0) is 112 Å². The third-order valence-corrected chi connectivity index (χ3v) is 11.2. The summed E-state index contributed by atoms with van der Waals surface area (Å²) in [5.74, 6) is 2.52. The fourth-order valence-corrected chi connectivity index (χ4v) is 8.72. The van der Waals surface area contributed by atoms with Crippen molar-refractivity contribution in [1.29, 1.82) is 0 Å². The van der Waals surface area contributed by atoms with E-state index in [1.807, 2.05) is 0 Å². The minimum Gasteiger partial charge on any atom is -0.310 e. The van der Waals surface area contributed by atoms with Crippen molar-refractivity contribution in [3.05, 3.63) is 188 Å². The zero-order valence-corrected chi connectivity index (χ0v) is 28.3. The van der Waals surface area contributed by atoms with Crippen molar-refractivity contribution in [1.82, 2.24) is 0 Å². The quantitative estimate of drug-likeness (QED) is 0.159. The van der Waals surface area contributed by atoms with Gasteiger partial charge in [0.05, 0.1) is 5.69 Å². The highest BCUT2D eigenvalue weighted by atomic mass is 15.1. The minimum atomic E-state index is 0.717. The first-order chi connectivity index (χ1) is 24.8. The van der Waals surface area contributed by atoms with Gasteiger partial charge >= 0.3 is 0 Å². The highest BCUT2D eigenvalue weighted by Crippen LogP contribution is 2.53. The molecule has 0 radical (unpaired) electrons. The number of nitrogens with zero attached hydrogens (tertiary/aromatic N) is 1. The molecule has 7 aromatic rings. The highest BCUT2D eigenvalue weighted by Gasteiger charge is 2.40. The lowest BCUT2D eigenvalue weighted by molar-refractivity contribution is 0.420. The molecule has 1 heteroatoms. The number of fused-ring (bicyclic) bond motifs is 2. The first kappa shape index (κ1) is 30.4. The van der Waals surface area contributed by atoms with Crippen LogP contribution in [0, 0.1) is 11.8 Å². The van der Waals surface area contributed by atoms with Gasteiger partial charge < -0.3 is 4.90 Å². The second-order valence-electron chi connectivity index (χ2n) is 14.1. The van der Waals surface area contributed by atoms with Crippen LogP contribution >= 0.6 is 0 Å². The van der Waals surface area contributed by atoms with E-state index in [1.165, 1.54) is 87.1 Å². The number of benzene rings is 7. The van der Waals surface area contributed by atoms with Crippen LogP contribution < -0.4 is 4.90 Å². The molecule has 0 heterocycles. The average Bonchev–Trinajstić information content (AvgIpc) is 3.84. The molecule has 3 unspecified atom stereocenters. The summed E-state index contributed by atoms with van der Waals surface area (Å²) in [5, 5.41) is 0. The summed E-state index contributed by atoms with van der Waals surface area (Å²) in [7, 11) is 0. The van der Waals surface area contributed by atoms with Crippen molar-refractivity contribution in [2.24, 2.45) is 11.8 Å². The maximum absolute atomic E-state index is 2.45. The molecule has 242 valence electrons. The van der Waals surface area contributed by atoms with E-state index in [0.29, 0.717) is 5.92 Å². The Morgan fingerprint density at radius 2 is 0.840 bits per heavy atom. The Morgan fingerprint density at radius 1 is 0.360 bits per heavy atom. The van der Waals surface area contributed by atoms with Gasteiger partial charge in [-0.1, -0.05) is 158 Å². The van der Waals surface area contributed by atoms with Gasteiger partial charge in [-0.15, -0.1) is 0 Å². The molecule has 2 bridgehead atoms. The van der Waals surface area contributed by atoms with Gasteiger partial charge in [0.1, 0.15) is 0 Å². The van der Waals surface area contributed by atoms with Crippen LogP contribution in [0.5, 0.6) is 0 Å². The lowest BCUT2D eigenvalue weighted by Crippen LogP contribution is -2.12. The summed E-state index contributed by atoms with van der Waals surface area (Å²) in [6.45, 7) is 0. The van der Waals surface area contributed by atoms with Crippen molar-refractivity contribution < 1.29 is 0 Å². The fourth-order valence-electron chi connectivity index (χ4n) is 8.72. The van der Waals surface area contributed by atoms with Gasteiger partial charge in [0.25, 0.3) is 0 Å². The zero-order valence-electron chi connectivity index (χ0n) is 28.3. The summed E-state index contributed by atoms with van der Waals surface area (Å²) in [4.78, 5) is 2.45. The molecule has 2 saturated carbocycles. The van der Waals surface area contributed by atoms with Gasteiger partial charge in [0.15, 0.2) is 0 Å². The van der Waals surface area contributed by atoms with E-state index in [2.05, 4.69) is 187 Å². The Bertz CT molecular complexity index is 2200. The Morgan fingerprint density at radius 3 is 1.42 bits per heavy atom. The van der Waals surface area contributed by atoms with Crippen LogP contribution in [0.15, 0.2) is 182 Å². The number of anilines is 3. The third-order valence-electron chi connectivity index (χ3n) is 11.2. The summed E-state index contributed by atoms with van der Waals surface area (Å²) < 4.78 is 0. The molecule has 0 aromatic heterocycles. The standard InChI is InChI=1S/C49H41N/c1-3-11-36(12-4-1)37-21-23-38(24-22-37)39-25-29-43(30-26-39)50(44-31-27-41(28-32-44)48-34-35-19-20-42(48)33-35)49-18-10-9-17-47(49)46-16-8-7-15-45(46)40-13-5-2-6-14-40/h1-18,21-32,35,42,48H,19-20,33-34H2. The van der Waals surface area contributed by atoms with Crippen LogP contribution in [0.3, 0.4) is 0 Å². The minimum absolute atomic E-state index is 0.717. The van der Waals surface area contributed by atoms with Crippen LogP contribution in [0.4, 0.5) is 17.1 Å². The Balaban J connectivity index is 1.12. The maximum Gasteiger partial charge on any atom is 0.0540 e. The second kappa shape index (κ2) is 13.3. The highest BCUT2D eigenvalue weighted by molar-refractivity contribution is 5.94. The van der Waals surface area contributed by atoms with Gasteiger partial charge in [-0.2, -0.15) is 0 Å². The third kappa shape index (κ3) is 5.84. The topological polar surface area (TPSA) is 3.24 Å². The Hall–Kier alpha value is -5.66. The molecule has 1 nitrogen and oxygen atoms in total. The Kier molecular flexibility index (Phi) is 8.11. The second-order valence-corrected chi connectivity index (χ2v) is 14.1. The largest absolute Gasteiger partial charge is 0.310 e. The van der Waals surface area contributed by atoms with Gasteiger partial charge in [-0.25, -0.2) is 0 Å². The summed E-state index contributed by atoms with van der Waals surface area (Å²) in [6, 6.07) is 66.6. The maximum atomic E-state index is 2.45. The molecular weight excluding hydrogens is 603 g/mol. The van der Waals surface area contributed by atoms with E-state index in [-0.39, 0.29) is 0 Å². The monoisotopic (exact) mass is 643 g/mol. The van der Waals surface area contributed by atoms with E-state index in [0.717, 1.165) is 17.5 Å². The van der Waals surface area contributed by atoms with Gasteiger partial charge in [0.2, 0.25) is 0 Å². The summed E-state index contributed by atoms with van der Waals surface area (Å²) >= 11 is 0. The summed E-state index contributed by atoms with van der Waals surface area (Å²) in [5.41, 5.74) is 14.8. The zero-order chi connectivity index (χ0) is 33.3. The molecule has 7 aromatic carbocycles. The van der Waals surface area contributed by atoms with Crippen molar-refractivity contribution in [3.63, 3.8) is 0 Å². The molecule has 2 aliphatic carbocycles. The molecular formula is C49H41N. The van der Waals surface area contributed by atoms with Crippen LogP contribution in [-0.4, -0.2) is 0 Å². The molecule has 0 saturated heterocycles. The molecule has 3 atom stereocenters. The van der Waals surface area contributed by atoms with Crippen molar-refractivity contribution in [3.8, 4) is 44.5 Å². The molecule has 0 aliphatic heterocycles. The molecule has 2 aliphatic rings. The van der Waals surface area contributed by atoms with Crippen LogP contribution in [0.1, 0.15) is 37.2 Å². The lowest BCUT2D eigenvalue weighted by atomic mass is 9.83. The molecule has 50 heavy (non-hydrogen) atoms. The lowest BCUT2D eigenvalue weighted by Gasteiger charge is -2.29. The SMILES string of the molecule is c1ccc(-c2ccc(-c3ccc(N(c4ccc(C5CC6CCC5C6)cc4)c4ccccc4-c4ccccc4-c4ccccc4)cc3)cc2)cc1. The number of rotatable bonds is 8. The van der Waals surface area contributed by atoms with Crippen molar-refractivity contribution in [2.75, 3.05) is 4.90 Å². The normalized spacial score (nSPS) is 17.9. The number of para-hydroxylation sites is 1. The molecule has 9 rings (SSSR count). The van der Waals surface area contributed by atoms with Crippen molar-refractivity contribution in [2.45, 2.75) is 31.6 Å². The molecule has 0 spiro atoms. The van der Waals surface area contributed by atoms with Crippen LogP contribution in [0.25, 0.3) is 44.5 Å². The number of hydrogen-bond acceptors (Lipinski definition) is 1. The predicted molar refractivity (Wildman–Crippen MR) is 211 cm³/mol. The first-order valence-electron chi connectivity index (χ1n) is 18.2. The first-order valence-corrected chi connectivity index (χ1v) is 18.2. The molecule has 0 N–H and O–H groups in total. The van der Waals surface area contributed by atoms with E-state index in [9.17, 15) is 0 Å². The van der Waals surface area contributed by atoms with Crippen molar-refractivity contribution >= 4 is 17.1 Å². The molecule has 0 amide bonds. The average molecular weight is 644 g/mol.